The van der Waals surface area contributed by atoms with Crippen LogP contribution in [0.1, 0.15) is 35.0 Å². The first-order valence-corrected chi connectivity index (χ1v) is 6.88. The molecule has 5 heteroatoms. The summed E-state index contributed by atoms with van der Waals surface area (Å²) < 4.78 is 4.64. The molecule has 0 amide bonds. The number of carbonyl (C=O) groups excluding carboxylic acids is 2. The van der Waals surface area contributed by atoms with Crippen LogP contribution in [0.5, 0.6) is 0 Å². The highest BCUT2D eigenvalue weighted by Gasteiger charge is 2.10. The highest BCUT2D eigenvalue weighted by molar-refractivity contribution is 8.13. The Morgan fingerprint density at radius 2 is 2.21 bits per heavy atom. The zero-order valence-corrected chi connectivity index (χ0v) is 12.1. The highest BCUT2D eigenvalue weighted by Crippen LogP contribution is 2.11. The van der Waals surface area contributed by atoms with Crippen molar-refractivity contribution in [1.82, 2.24) is 4.98 Å². The number of esters is 1. The first kappa shape index (κ1) is 15.4. The number of aryl methyl sites for hydroxylation is 1. The Hall–Kier alpha value is -1.62. The van der Waals surface area contributed by atoms with E-state index in [0.717, 1.165) is 23.3 Å². The molecule has 1 rings (SSSR count). The monoisotopic (exact) mass is 279 g/mol. The Bertz CT molecular complexity index is 497. The molecule has 1 aromatic rings. The largest absolute Gasteiger partial charge is 0.464 e. The molecule has 0 aliphatic heterocycles. The summed E-state index contributed by atoms with van der Waals surface area (Å²) in [7, 11) is 1.34. The minimum Gasteiger partial charge on any atom is -0.464 e. The van der Waals surface area contributed by atoms with E-state index >= 15 is 0 Å². The molecule has 1 heterocycles. The lowest BCUT2D eigenvalue weighted by atomic mass is 10.1. The molecular formula is C14H17NO3S. The van der Waals surface area contributed by atoms with Gasteiger partial charge in [0.25, 0.3) is 0 Å². The van der Waals surface area contributed by atoms with Gasteiger partial charge in [-0.2, -0.15) is 0 Å². The summed E-state index contributed by atoms with van der Waals surface area (Å²) in [6.07, 6.45) is 6.38. The fraction of sp³-hybridized carbons (Fsp3) is 0.357. The second-order valence-corrected chi connectivity index (χ2v) is 5.23. The fourth-order valence-corrected chi connectivity index (χ4v) is 2.03. The van der Waals surface area contributed by atoms with Crippen molar-refractivity contribution in [2.45, 2.75) is 20.3 Å². The Morgan fingerprint density at radius 3 is 2.79 bits per heavy atom. The quantitative estimate of drug-likeness (QED) is 0.612. The first-order chi connectivity index (χ1) is 9.04. The number of aromatic nitrogens is 1. The van der Waals surface area contributed by atoms with E-state index < -0.39 is 5.97 Å². The van der Waals surface area contributed by atoms with Gasteiger partial charge in [0.2, 0.25) is 0 Å². The number of nitrogens with zero attached hydrogens (tertiary/aromatic N) is 1. The number of hydrogen-bond donors (Lipinski definition) is 0. The maximum atomic E-state index is 11.4. The minimum absolute atomic E-state index is 0.133. The second-order valence-electron chi connectivity index (χ2n) is 3.96. The van der Waals surface area contributed by atoms with Gasteiger partial charge < -0.3 is 4.74 Å². The summed E-state index contributed by atoms with van der Waals surface area (Å²) in [5.74, 6) is 0.351. The molecule has 4 nitrogen and oxygen atoms in total. The summed E-state index contributed by atoms with van der Waals surface area (Å²) in [5, 5.41) is 0.133. The number of thioether (sulfide) groups is 1. The molecule has 102 valence electrons. The summed E-state index contributed by atoms with van der Waals surface area (Å²) in [6, 6.07) is 1.88. The third-order valence-corrected chi connectivity index (χ3v) is 3.22. The van der Waals surface area contributed by atoms with E-state index in [2.05, 4.69) is 9.72 Å². The zero-order chi connectivity index (χ0) is 14.3. The SMILES string of the molecule is COC(=O)c1ncc(C=CCCSC(C)=O)cc1C. The van der Waals surface area contributed by atoms with E-state index in [1.54, 1.807) is 13.1 Å². The number of carbonyl (C=O) groups is 2. The van der Waals surface area contributed by atoms with Gasteiger partial charge in [0.05, 0.1) is 7.11 Å². The second kappa shape index (κ2) is 7.74. The molecule has 0 unspecified atom stereocenters. The molecular weight excluding hydrogens is 262 g/mol. The van der Waals surface area contributed by atoms with Gasteiger partial charge >= 0.3 is 5.97 Å². The van der Waals surface area contributed by atoms with Crippen molar-refractivity contribution >= 4 is 28.9 Å². The molecule has 0 radical (unpaired) electrons. The van der Waals surface area contributed by atoms with E-state index in [1.807, 2.05) is 25.1 Å². The van der Waals surface area contributed by atoms with Crippen LogP contribution < -0.4 is 0 Å². The molecule has 0 saturated heterocycles. The molecule has 0 bridgehead atoms. The van der Waals surface area contributed by atoms with Gasteiger partial charge in [-0.05, 0) is 30.5 Å². The lowest BCUT2D eigenvalue weighted by Crippen LogP contribution is -2.06. The molecule has 0 spiro atoms. The average Bonchev–Trinajstić information content (AvgIpc) is 2.37. The predicted octanol–water partition coefficient (Wildman–Crippen LogP) is 2.86. The van der Waals surface area contributed by atoms with Gasteiger partial charge in [-0.15, -0.1) is 0 Å². The third kappa shape index (κ3) is 5.26. The van der Waals surface area contributed by atoms with Crippen LogP contribution in [-0.2, 0) is 9.53 Å². The highest BCUT2D eigenvalue weighted by atomic mass is 32.2. The van der Waals surface area contributed by atoms with Crippen LogP contribution in [0, 0.1) is 6.92 Å². The number of hydrogen-bond acceptors (Lipinski definition) is 5. The van der Waals surface area contributed by atoms with Crippen molar-refractivity contribution in [2.24, 2.45) is 0 Å². The number of rotatable bonds is 5. The van der Waals surface area contributed by atoms with Gasteiger partial charge in [-0.25, -0.2) is 9.78 Å². The lowest BCUT2D eigenvalue weighted by molar-refractivity contribution is -0.109. The Balaban J connectivity index is 2.61. The molecule has 0 N–H and O–H groups in total. The maximum Gasteiger partial charge on any atom is 0.356 e. The Kier molecular flexibility index (Phi) is 6.29. The smallest absolute Gasteiger partial charge is 0.356 e. The van der Waals surface area contributed by atoms with Gasteiger partial charge in [-0.3, -0.25) is 4.79 Å². The van der Waals surface area contributed by atoms with Gasteiger partial charge in [-0.1, -0.05) is 23.9 Å². The summed E-state index contributed by atoms with van der Waals surface area (Å²) in [4.78, 5) is 26.2. The normalized spacial score (nSPS) is 10.7. The van der Waals surface area contributed by atoms with Gasteiger partial charge in [0, 0.05) is 18.9 Å². The van der Waals surface area contributed by atoms with E-state index in [9.17, 15) is 9.59 Å². The molecule has 19 heavy (non-hydrogen) atoms. The van der Waals surface area contributed by atoms with Gasteiger partial charge in [0.1, 0.15) is 0 Å². The first-order valence-electron chi connectivity index (χ1n) is 5.89. The van der Waals surface area contributed by atoms with Crippen LogP contribution in [-0.4, -0.2) is 28.9 Å². The van der Waals surface area contributed by atoms with E-state index in [1.165, 1.54) is 18.9 Å². The summed E-state index contributed by atoms with van der Waals surface area (Å²) in [5.41, 5.74) is 2.05. The average molecular weight is 279 g/mol. The summed E-state index contributed by atoms with van der Waals surface area (Å²) >= 11 is 1.31. The Labute approximate surface area is 117 Å². The zero-order valence-electron chi connectivity index (χ0n) is 11.3. The van der Waals surface area contributed by atoms with Crippen LogP contribution in [0.4, 0.5) is 0 Å². The standard InChI is InChI=1S/C14H17NO3S/c1-10-8-12(6-4-5-7-19-11(2)16)9-15-13(10)14(17)18-3/h4,6,8-9H,5,7H2,1-3H3. The molecule has 0 atom stereocenters. The lowest BCUT2D eigenvalue weighted by Gasteiger charge is -2.03. The molecule has 0 aliphatic carbocycles. The van der Waals surface area contributed by atoms with Crippen LogP contribution in [0.2, 0.25) is 0 Å². The Morgan fingerprint density at radius 1 is 1.47 bits per heavy atom. The van der Waals surface area contributed by atoms with Crippen molar-refractivity contribution in [3.63, 3.8) is 0 Å². The minimum atomic E-state index is -0.425. The number of methoxy groups -OCH3 is 1. The predicted molar refractivity (Wildman–Crippen MR) is 77.1 cm³/mol. The van der Waals surface area contributed by atoms with E-state index in [-0.39, 0.29) is 5.12 Å². The fourth-order valence-electron chi connectivity index (χ4n) is 1.49. The van der Waals surface area contributed by atoms with Crippen LogP contribution in [0.15, 0.2) is 18.3 Å². The molecule has 1 aromatic heterocycles. The molecule has 0 saturated carbocycles. The van der Waals surface area contributed by atoms with Crippen LogP contribution in [0.3, 0.4) is 0 Å². The topological polar surface area (TPSA) is 56.3 Å². The van der Waals surface area contributed by atoms with Gasteiger partial charge in [0.15, 0.2) is 10.8 Å². The van der Waals surface area contributed by atoms with E-state index in [0.29, 0.717) is 5.69 Å². The van der Waals surface area contributed by atoms with Crippen LogP contribution >= 0.6 is 11.8 Å². The maximum absolute atomic E-state index is 11.4. The summed E-state index contributed by atoms with van der Waals surface area (Å²) in [6.45, 7) is 3.38. The van der Waals surface area contributed by atoms with Crippen LogP contribution in [0.25, 0.3) is 6.08 Å². The van der Waals surface area contributed by atoms with Crippen molar-refractivity contribution < 1.29 is 14.3 Å². The molecule has 0 fully saturated rings. The van der Waals surface area contributed by atoms with Crippen molar-refractivity contribution in [1.29, 1.82) is 0 Å². The molecule has 0 aromatic carbocycles. The third-order valence-electron chi connectivity index (χ3n) is 2.38. The van der Waals surface area contributed by atoms with Crippen molar-refractivity contribution in [3.8, 4) is 0 Å². The number of allylic oxidation sites excluding steroid dienone is 1. The van der Waals surface area contributed by atoms with Crippen molar-refractivity contribution in [2.75, 3.05) is 12.9 Å². The molecule has 0 aliphatic rings. The number of ether oxygens (including phenoxy) is 1. The van der Waals surface area contributed by atoms with Crippen molar-refractivity contribution in [3.05, 3.63) is 35.2 Å². The number of pyridine rings is 1. The van der Waals surface area contributed by atoms with E-state index in [4.69, 9.17) is 0 Å².